The topological polar surface area (TPSA) is 62.1 Å². The summed E-state index contributed by atoms with van der Waals surface area (Å²) in [6, 6.07) is 13.0. The molecule has 0 bridgehead atoms. The lowest BCUT2D eigenvalue weighted by atomic mass is 9.94. The van der Waals surface area contributed by atoms with Crippen molar-refractivity contribution in [1.29, 1.82) is 5.26 Å². The number of carbonyl (C=O) groups is 1. The van der Waals surface area contributed by atoms with E-state index in [0.717, 1.165) is 5.56 Å². The molecule has 0 aliphatic carbocycles. The third kappa shape index (κ3) is 3.42. The van der Waals surface area contributed by atoms with Gasteiger partial charge in [0.2, 0.25) is 0 Å². The zero-order valence-electron chi connectivity index (χ0n) is 14.2. The molecule has 0 saturated carbocycles. The lowest BCUT2D eigenvalue weighted by molar-refractivity contribution is -0.0498. The molecule has 4 nitrogen and oxygen atoms in total. The number of carbonyl (C=O) groups excluding carboxylic acids is 1. The lowest BCUT2D eigenvalue weighted by Crippen LogP contribution is -2.28. The maximum absolute atomic E-state index is 12.5. The van der Waals surface area contributed by atoms with E-state index < -0.39 is 12.2 Å². The fourth-order valence-corrected chi connectivity index (χ4v) is 2.98. The fraction of sp³-hybridized carbons (Fsp3) is 0.200. The number of benzene rings is 2. The van der Waals surface area contributed by atoms with Crippen molar-refractivity contribution in [2.24, 2.45) is 0 Å². The van der Waals surface area contributed by atoms with E-state index in [4.69, 9.17) is 5.26 Å². The highest BCUT2D eigenvalue weighted by molar-refractivity contribution is 6.09. The number of halogens is 2. The lowest BCUT2D eigenvalue weighted by Gasteiger charge is -2.20. The minimum absolute atomic E-state index is 0.0370. The summed E-state index contributed by atoms with van der Waals surface area (Å²) >= 11 is 0. The van der Waals surface area contributed by atoms with Crippen LogP contribution in [0.25, 0.3) is 5.70 Å². The van der Waals surface area contributed by atoms with Gasteiger partial charge in [-0.05, 0) is 55.8 Å². The van der Waals surface area contributed by atoms with Crippen molar-refractivity contribution >= 4 is 11.5 Å². The van der Waals surface area contributed by atoms with E-state index in [1.807, 2.05) is 19.9 Å². The molecule has 3 rings (SSSR count). The minimum Gasteiger partial charge on any atom is -0.435 e. The summed E-state index contributed by atoms with van der Waals surface area (Å²) in [5.74, 6) is -0.212. The maximum atomic E-state index is 12.5. The molecule has 1 N–H and O–H groups in total. The number of ketones is 1. The molecule has 1 heterocycles. The molecule has 1 aliphatic heterocycles. The SMILES string of the molecule is CC1(C)N/C(=C\C(=O)c2ccc(C#N)cc2)c2cc(OC(F)F)ccc21. The normalized spacial score (nSPS) is 16.1. The molecule has 132 valence electrons. The van der Waals surface area contributed by atoms with Crippen LogP contribution in [-0.4, -0.2) is 12.4 Å². The van der Waals surface area contributed by atoms with Gasteiger partial charge in [-0.2, -0.15) is 14.0 Å². The van der Waals surface area contributed by atoms with Crippen LogP contribution < -0.4 is 10.1 Å². The van der Waals surface area contributed by atoms with Gasteiger partial charge in [-0.3, -0.25) is 4.79 Å². The number of hydrogen-bond acceptors (Lipinski definition) is 4. The van der Waals surface area contributed by atoms with Gasteiger partial charge in [0, 0.05) is 22.9 Å². The standard InChI is InChI=1S/C20H16F2N2O2/c1-20(2)16-8-7-14(26-19(21)22)9-15(16)17(24-20)10-18(25)13-5-3-12(11-23)4-6-13/h3-10,19,24H,1-2H3/b17-10-. The van der Waals surface area contributed by atoms with Crippen LogP contribution >= 0.6 is 0 Å². The number of allylic oxidation sites excluding steroid dienone is 1. The summed E-state index contributed by atoms with van der Waals surface area (Å²) in [5, 5.41) is 12.1. The molecule has 0 unspecified atom stereocenters. The molecule has 1 aliphatic rings. The Morgan fingerprint density at radius 1 is 1.23 bits per heavy atom. The van der Waals surface area contributed by atoms with Crippen LogP contribution in [0, 0.1) is 11.3 Å². The number of nitrogens with zero attached hydrogens (tertiary/aromatic N) is 1. The summed E-state index contributed by atoms with van der Waals surface area (Å²) in [4.78, 5) is 12.5. The van der Waals surface area contributed by atoms with E-state index in [0.29, 0.717) is 22.4 Å². The zero-order valence-corrected chi connectivity index (χ0v) is 14.2. The minimum atomic E-state index is -2.91. The predicted molar refractivity (Wildman–Crippen MR) is 92.7 cm³/mol. The molecular formula is C20H16F2N2O2. The third-order valence-electron chi connectivity index (χ3n) is 4.20. The van der Waals surface area contributed by atoms with Crippen molar-refractivity contribution in [3.8, 4) is 11.8 Å². The first-order valence-electron chi connectivity index (χ1n) is 7.94. The zero-order chi connectivity index (χ0) is 18.9. The molecule has 0 saturated heterocycles. The van der Waals surface area contributed by atoms with Crippen molar-refractivity contribution in [2.45, 2.75) is 26.0 Å². The maximum Gasteiger partial charge on any atom is 0.387 e. The Balaban J connectivity index is 1.97. The molecule has 0 amide bonds. The number of alkyl halides is 2. The molecule has 0 spiro atoms. The van der Waals surface area contributed by atoms with E-state index in [2.05, 4.69) is 10.1 Å². The molecule has 2 aromatic carbocycles. The summed E-state index contributed by atoms with van der Waals surface area (Å²) in [7, 11) is 0. The Morgan fingerprint density at radius 3 is 2.54 bits per heavy atom. The van der Waals surface area contributed by atoms with E-state index in [-0.39, 0.29) is 11.5 Å². The van der Waals surface area contributed by atoms with Gasteiger partial charge in [0.25, 0.3) is 0 Å². The number of fused-ring (bicyclic) bond motifs is 1. The average Bonchev–Trinajstić information content (AvgIpc) is 2.84. The van der Waals surface area contributed by atoms with Gasteiger partial charge in [-0.25, -0.2) is 0 Å². The quantitative estimate of drug-likeness (QED) is 0.660. The van der Waals surface area contributed by atoms with Gasteiger partial charge in [0.15, 0.2) is 5.78 Å². The highest BCUT2D eigenvalue weighted by Gasteiger charge is 2.33. The smallest absolute Gasteiger partial charge is 0.387 e. The van der Waals surface area contributed by atoms with E-state index in [1.54, 1.807) is 30.3 Å². The number of rotatable bonds is 4. The molecule has 0 atom stereocenters. The molecule has 26 heavy (non-hydrogen) atoms. The Labute approximate surface area is 149 Å². The van der Waals surface area contributed by atoms with E-state index in [9.17, 15) is 13.6 Å². The summed E-state index contributed by atoms with van der Waals surface area (Å²) in [6.45, 7) is 0.960. The Morgan fingerprint density at radius 2 is 1.92 bits per heavy atom. The fourth-order valence-electron chi connectivity index (χ4n) is 2.98. The number of nitrogens with one attached hydrogen (secondary N) is 1. The molecule has 0 radical (unpaired) electrons. The largest absolute Gasteiger partial charge is 0.435 e. The summed E-state index contributed by atoms with van der Waals surface area (Å²) < 4.78 is 29.4. The second kappa shape index (κ2) is 6.60. The number of nitriles is 1. The van der Waals surface area contributed by atoms with Crippen molar-refractivity contribution in [1.82, 2.24) is 5.32 Å². The van der Waals surface area contributed by atoms with Crippen LogP contribution in [0.4, 0.5) is 8.78 Å². The van der Waals surface area contributed by atoms with Crippen molar-refractivity contribution < 1.29 is 18.3 Å². The van der Waals surface area contributed by atoms with Crippen LogP contribution in [0.1, 0.15) is 40.9 Å². The van der Waals surface area contributed by atoms with Crippen LogP contribution in [0.3, 0.4) is 0 Å². The predicted octanol–water partition coefficient (Wildman–Crippen LogP) is 4.22. The van der Waals surface area contributed by atoms with Crippen molar-refractivity contribution in [3.63, 3.8) is 0 Å². The Bertz CT molecular complexity index is 926. The van der Waals surface area contributed by atoms with Crippen LogP contribution in [0.2, 0.25) is 0 Å². The monoisotopic (exact) mass is 354 g/mol. The van der Waals surface area contributed by atoms with Crippen LogP contribution in [0.15, 0.2) is 48.5 Å². The first-order valence-corrected chi connectivity index (χ1v) is 7.94. The van der Waals surface area contributed by atoms with E-state index >= 15 is 0 Å². The highest BCUT2D eigenvalue weighted by atomic mass is 19.3. The van der Waals surface area contributed by atoms with Gasteiger partial charge in [-0.15, -0.1) is 0 Å². The summed E-state index contributed by atoms with van der Waals surface area (Å²) in [6.07, 6.45) is 1.43. The number of ether oxygens (including phenoxy) is 1. The van der Waals surface area contributed by atoms with Crippen LogP contribution in [-0.2, 0) is 5.54 Å². The molecule has 6 heteroatoms. The molecule has 0 fully saturated rings. The van der Waals surface area contributed by atoms with E-state index in [1.165, 1.54) is 18.2 Å². The summed E-state index contributed by atoms with van der Waals surface area (Å²) in [5.41, 5.74) is 2.53. The van der Waals surface area contributed by atoms with Gasteiger partial charge in [0.1, 0.15) is 5.75 Å². The average molecular weight is 354 g/mol. The third-order valence-corrected chi connectivity index (χ3v) is 4.20. The van der Waals surface area contributed by atoms with Gasteiger partial charge in [-0.1, -0.05) is 6.07 Å². The van der Waals surface area contributed by atoms with Gasteiger partial charge >= 0.3 is 6.61 Å². The Hall–Kier alpha value is -3.20. The van der Waals surface area contributed by atoms with Gasteiger partial charge < -0.3 is 10.1 Å². The van der Waals surface area contributed by atoms with Crippen LogP contribution in [0.5, 0.6) is 5.75 Å². The first-order chi connectivity index (χ1) is 12.3. The second-order valence-electron chi connectivity index (χ2n) is 6.45. The molecule has 2 aromatic rings. The second-order valence-corrected chi connectivity index (χ2v) is 6.45. The first kappa shape index (κ1) is 17.6. The van der Waals surface area contributed by atoms with Crippen molar-refractivity contribution in [3.05, 3.63) is 70.8 Å². The van der Waals surface area contributed by atoms with Gasteiger partial charge in [0.05, 0.1) is 17.2 Å². The Kier molecular flexibility index (Phi) is 4.47. The molecular weight excluding hydrogens is 338 g/mol. The number of hydrogen-bond donors (Lipinski definition) is 1. The molecule has 0 aromatic heterocycles. The highest BCUT2D eigenvalue weighted by Crippen LogP contribution is 2.38. The van der Waals surface area contributed by atoms with Crippen molar-refractivity contribution in [2.75, 3.05) is 0 Å².